The van der Waals surface area contributed by atoms with Gasteiger partial charge < -0.3 is 0 Å². The molecular weight excluding hydrogens is 366 g/mol. The molecule has 3 aromatic rings. The molecule has 0 aliphatic rings. The first-order chi connectivity index (χ1) is 12.2. The van der Waals surface area contributed by atoms with E-state index < -0.39 is 0 Å². The summed E-state index contributed by atoms with van der Waals surface area (Å²) in [6.45, 7) is 9.99. The SMILES string of the molecule is CC(=O)CSc1cc(C(C)(C)C)nc2c(-c3ccc(Cl)cc3)c(C)nn12. The number of fused-ring (bicyclic) bond motifs is 1. The lowest BCUT2D eigenvalue weighted by molar-refractivity contribution is -0.114. The van der Waals surface area contributed by atoms with E-state index in [4.69, 9.17) is 21.7 Å². The zero-order chi connectivity index (χ0) is 19.1. The van der Waals surface area contributed by atoms with E-state index in [0.717, 1.165) is 33.2 Å². The van der Waals surface area contributed by atoms with Crippen LogP contribution in [0.2, 0.25) is 5.02 Å². The average molecular weight is 388 g/mol. The van der Waals surface area contributed by atoms with Crippen LogP contribution < -0.4 is 0 Å². The number of Topliss-reactive ketones (excluding diaryl/α,β-unsaturated/α-hetero) is 1. The van der Waals surface area contributed by atoms with Crippen molar-refractivity contribution >= 4 is 34.8 Å². The number of carbonyl (C=O) groups is 1. The van der Waals surface area contributed by atoms with Crippen molar-refractivity contribution < 1.29 is 4.79 Å². The number of nitrogens with zero attached hydrogens (tertiary/aromatic N) is 3. The summed E-state index contributed by atoms with van der Waals surface area (Å²) in [5, 5.41) is 6.33. The summed E-state index contributed by atoms with van der Waals surface area (Å²) in [4.78, 5) is 16.4. The summed E-state index contributed by atoms with van der Waals surface area (Å²) in [5.41, 5.74) is 4.60. The van der Waals surface area contributed by atoms with Gasteiger partial charge in [0.1, 0.15) is 10.8 Å². The molecule has 0 fully saturated rings. The Kier molecular flexibility index (Phi) is 5.13. The summed E-state index contributed by atoms with van der Waals surface area (Å²) >= 11 is 7.54. The molecule has 0 unspecified atom stereocenters. The van der Waals surface area contributed by atoms with E-state index in [0.29, 0.717) is 10.8 Å². The second-order valence-electron chi connectivity index (χ2n) is 7.42. The summed E-state index contributed by atoms with van der Waals surface area (Å²) < 4.78 is 1.85. The van der Waals surface area contributed by atoms with E-state index in [-0.39, 0.29) is 11.2 Å². The Balaban J connectivity index is 2.26. The van der Waals surface area contributed by atoms with Gasteiger partial charge in [-0.25, -0.2) is 9.50 Å². The van der Waals surface area contributed by atoms with Gasteiger partial charge in [-0.2, -0.15) is 5.10 Å². The Bertz CT molecular complexity index is 971. The van der Waals surface area contributed by atoms with E-state index in [9.17, 15) is 4.79 Å². The van der Waals surface area contributed by atoms with Crippen molar-refractivity contribution in [1.29, 1.82) is 0 Å². The van der Waals surface area contributed by atoms with Crippen molar-refractivity contribution in [2.45, 2.75) is 45.1 Å². The maximum absolute atomic E-state index is 11.5. The van der Waals surface area contributed by atoms with Crippen LogP contribution in [0.5, 0.6) is 0 Å². The van der Waals surface area contributed by atoms with Crippen LogP contribution in [0.3, 0.4) is 0 Å². The highest BCUT2D eigenvalue weighted by Gasteiger charge is 2.22. The molecule has 0 radical (unpaired) electrons. The highest BCUT2D eigenvalue weighted by atomic mass is 35.5. The topological polar surface area (TPSA) is 47.3 Å². The maximum atomic E-state index is 11.5. The lowest BCUT2D eigenvalue weighted by atomic mass is 9.92. The Labute approximate surface area is 163 Å². The molecule has 6 heteroatoms. The quantitative estimate of drug-likeness (QED) is 0.448. The number of rotatable bonds is 4. The molecule has 3 rings (SSSR count). The first-order valence-electron chi connectivity index (χ1n) is 8.46. The second kappa shape index (κ2) is 7.05. The van der Waals surface area contributed by atoms with Gasteiger partial charge in [-0.3, -0.25) is 4.79 Å². The molecule has 0 saturated carbocycles. The van der Waals surface area contributed by atoms with Crippen LogP contribution in [0, 0.1) is 6.92 Å². The molecule has 0 aliphatic heterocycles. The second-order valence-corrected chi connectivity index (χ2v) is 8.86. The van der Waals surface area contributed by atoms with Crippen LogP contribution in [0.1, 0.15) is 39.1 Å². The smallest absolute Gasteiger partial charge is 0.164 e. The zero-order valence-electron chi connectivity index (χ0n) is 15.6. The summed E-state index contributed by atoms with van der Waals surface area (Å²) in [5.74, 6) is 0.553. The van der Waals surface area contributed by atoms with Gasteiger partial charge >= 0.3 is 0 Å². The zero-order valence-corrected chi connectivity index (χ0v) is 17.2. The molecule has 0 N–H and O–H groups in total. The van der Waals surface area contributed by atoms with Crippen LogP contribution in [-0.4, -0.2) is 26.1 Å². The fourth-order valence-electron chi connectivity index (χ4n) is 2.71. The molecule has 136 valence electrons. The van der Waals surface area contributed by atoms with Gasteiger partial charge in [0.2, 0.25) is 0 Å². The molecule has 0 spiro atoms. The summed E-state index contributed by atoms with van der Waals surface area (Å²) in [6, 6.07) is 9.76. The van der Waals surface area contributed by atoms with Crippen molar-refractivity contribution in [1.82, 2.24) is 14.6 Å². The number of halogens is 1. The fourth-order valence-corrected chi connectivity index (χ4v) is 3.64. The van der Waals surface area contributed by atoms with Gasteiger partial charge in [-0.1, -0.05) is 56.3 Å². The minimum atomic E-state index is -0.108. The molecule has 2 heterocycles. The number of benzene rings is 1. The first-order valence-corrected chi connectivity index (χ1v) is 9.82. The number of hydrogen-bond acceptors (Lipinski definition) is 4. The third-order valence-corrected chi connectivity index (χ3v) is 5.45. The van der Waals surface area contributed by atoms with Crippen LogP contribution in [0.15, 0.2) is 35.4 Å². The highest BCUT2D eigenvalue weighted by Crippen LogP contribution is 2.33. The van der Waals surface area contributed by atoms with Crippen LogP contribution in [0.4, 0.5) is 0 Å². The predicted octanol–water partition coefficient (Wildman–Crippen LogP) is 5.34. The van der Waals surface area contributed by atoms with E-state index in [1.807, 2.05) is 41.8 Å². The molecule has 0 amide bonds. The van der Waals surface area contributed by atoms with Crippen molar-refractivity contribution in [2.75, 3.05) is 5.75 Å². The highest BCUT2D eigenvalue weighted by molar-refractivity contribution is 7.99. The molecule has 0 bridgehead atoms. The lowest BCUT2D eigenvalue weighted by Crippen LogP contribution is -2.15. The van der Waals surface area contributed by atoms with Crippen molar-refractivity contribution in [3.63, 3.8) is 0 Å². The Morgan fingerprint density at radius 3 is 2.46 bits per heavy atom. The number of aromatic nitrogens is 3. The van der Waals surface area contributed by atoms with E-state index in [2.05, 4.69) is 20.8 Å². The van der Waals surface area contributed by atoms with Gasteiger partial charge in [-0.15, -0.1) is 0 Å². The first kappa shape index (κ1) is 18.9. The van der Waals surface area contributed by atoms with E-state index in [1.165, 1.54) is 11.8 Å². The largest absolute Gasteiger partial charge is 0.299 e. The minimum Gasteiger partial charge on any atom is -0.299 e. The molecule has 1 aromatic carbocycles. The Hall–Kier alpha value is -1.85. The number of ketones is 1. The molecule has 0 aliphatic carbocycles. The van der Waals surface area contributed by atoms with Crippen LogP contribution in [0.25, 0.3) is 16.8 Å². The van der Waals surface area contributed by atoms with Gasteiger partial charge in [0.25, 0.3) is 0 Å². The van der Waals surface area contributed by atoms with E-state index >= 15 is 0 Å². The van der Waals surface area contributed by atoms with Gasteiger partial charge in [0.15, 0.2) is 5.65 Å². The van der Waals surface area contributed by atoms with Crippen molar-refractivity contribution in [3.05, 3.63) is 46.7 Å². The van der Waals surface area contributed by atoms with Crippen molar-refractivity contribution in [3.8, 4) is 11.1 Å². The molecule has 0 saturated heterocycles. The standard InChI is InChI=1S/C20H22ClN3OS/c1-12(25)11-26-17-10-16(20(3,4)5)22-19-18(13(2)23-24(17)19)14-6-8-15(21)9-7-14/h6-10H,11H2,1-5H3. The molecule has 4 nitrogen and oxygen atoms in total. The number of aryl methyl sites for hydroxylation is 1. The summed E-state index contributed by atoms with van der Waals surface area (Å²) in [7, 11) is 0. The number of carbonyl (C=O) groups excluding carboxylic acids is 1. The van der Waals surface area contributed by atoms with Crippen molar-refractivity contribution in [2.24, 2.45) is 0 Å². The fraction of sp³-hybridized carbons (Fsp3) is 0.350. The Morgan fingerprint density at radius 2 is 1.88 bits per heavy atom. The van der Waals surface area contributed by atoms with Gasteiger partial charge in [0.05, 0.1) is 17.1 Å². The minimum absolute atomic E-state index is 0.108. The summed E-state index contributed by atoms with van der Waals surface area (Å²) in [6.07, 6.45) is 0. The monoisotopic (exact) mass is 387 g/mol. The third-order valence-electron chi connectivity index (χ3n) is 4.06. The number of thioether (sulfide) groups is 1. The average Bonchev–Trinajstić information content (AvgIpc) is 2.88. The lowest BCUT2D eigenvalue weighted by Gasteiger charge is -2.19. The van der Waals surface area contributed by atoms with Gasteiger partial charge in [-0.05, 0) is 37.6 Å². The number of hydrogen-bond donors (Lipinski definition) is 0. The van der Waals surface area contributed by atoms with Gasteiger partial charge in [0, 0.05) is 16.0 Å². The molecule has 26 heavy (non-hydrogen) atoms. The Morgan fingerprint density at radius 1 is 1.23 bits per heavy atom. The van der Waals surface area contributed by atoms with E-state index in [1.54, 1.807) is 6.92 Å². The molecular formula is C20H22ClN3OS. The normalized spacial score (nSPS) is 11.9. The van der Waals surface area contributed by atoms with Crippen LogP contribution in [-0.2, 0) is 10.2 Å². The predicted molar refractivity (Wildman–Crippen MR) is 108 cm³/mol. The maximum Gasteiger partial charge on any atom is 0.164 e. The van der Waals surface area contributed by atoms with Crippen LogP contribution >= 0.6 is 23.4 Å². The molecule has 0 atom stereocenters. The third kappa shape index (κ3) is 3.79. The molecule has 2 aromatic heterocycles.